The zero-order chi connectivity index (χ0) is 21.9. The van der Waals surface area contributed by atoms with Crippen molar-refractivity contribution in [3.8, 4) is 5.75 Å². The molecule has 170 valence electrons. The Morgan fingerprint density at radius 1 is 0.969 bits per heavy atom. The minimum atomic E-state index is 0.0920. The fourth-order valence-electron chi connectivity index (χ4n) is 5.36. The van der Waals surface area contributed by atoms with Crippen LogP contribution in [0.25, 0.3) is 0 Å². The highest BCUT2D eigenvalue weighted by atomic mass is 16.5. The summed E-state index contributed by atoms with van der Waals surface area (Å²) in [6.45, 7) is 8.39. The molecule has 0 bridgehead atoms. The lowest BCUT2D eigenvalue weighted by atomic mass is 9.98. The van der Waals surface area contributed by atoms with Crippen molar-refractivity contribution in [3.05, 3.63) is 53.6 Å². The zero-order valence-electron chi connectivity index (χ0n) is 19.3. The van der Waals surface area contributed by atoms with Gasteiger partial charge in [0.15, 0.2) is 0 Å². The van der Waals surface area contributed by atoms with Crippen LogP contribution in [0.3, 0.4) is 0 Å². The van der Waals surface area contributed by atoms with Gasteiger partial charge < -0.3 is 14.5 Å². The van der Waals surface area contributed by atoms with Crippen molar-refractivity contribution in [2.75, 3.05) is 49.1 Å². The molecule has 2 saturated heterocycles. The number of amides is 1. The highest BCUT2D eigenvalue weighted by Gasteiger charge is 2.30. The third-order valence-electron chi connectivity index (χ3n) is 7.27. The molecule has 2 aromatic carbocycles. The monoisotopic (exact) mass is 433 g/mol. The molecule has 0 radical (unpaired) electrons. The predicted octanol–water partition coefficient (Wildman–Crippen LogP) is 4.74. The van der Waals surface area contributed by atoms with Crippen LogP contribution < -0.4 is 14.5 Å². The van der Waals surface area contributed by atoms with Crippen LogP contribution >= 0.6 is 0 Å². The second-order valence-corrected chi connectivity index (χ2v) is 9.38. The average molecular weight is 434 g/mol. The minimum absolute atomic E-state index is 0.0920. The lowest BCUT2D eigenvalue weighted by Gasteiger charge is -2.29. The smallest absolute Gasteiger partial charge is 0.258 e. The molecule has 3 heterocycles. The van der Waals surface area contributed by atoms with E-state index in [-0.39, 0.29) is 5.91 Å². The van der Waals surface area contributed by atoms with Gasteiger partial charge in [0.1, 0.15) is 5.75 Å². The van der Waals surface area contributed by atoms with Crippen molar-refractivity contribution < 1.29 is 9.53 Å². The fraction of sp³-hybridized carbons (Fsp3) is 0.519. The normalized spacial score (nSPS) is 21.3. The van der Waals surface area contributed by atoms with E-state index in [1.807, 2.05) is 23.1 Å². The number of anilines is 2. The number of unbranched alkanes of at least 4 members (excludes halogenated alkanes) is 1. The van der Waals surface area contributed by atoms with Gasteiger partial charge in [-0.25, -0.2) is 0 Å². The molecule has 2 fully saturated rings. The summed E-state index contributed by atoms with van der Waals surface area (Å²) in [5.74, 6) is 0.968. The molecule has 0 unspecified atom stereocenters. The molecule has 32 heavy (non-hydrogen) atoms. The van der Waals surface area contributed by atoms with Crippen LogP contribution in [0.5, 0.6) is 5.75 Å². The molecule has 0 spiro atoms. The van der Waals surface area contributed by atoms with Crippen LogP contribution in [-0.2, 0) is 6.42 Å². The Kier molecular flexibility index (Phi) is 6.35. The lowest BCUT2D eigenvalue weighted by Crippen LogP contribution is -2.37. The molecular formula is C27H35N3O2. The first-order valence-electron chi connectivity index (χ1n) is 12.4. The Labute approximate surface area is 191 Å². The number of hydrogen-bond acceptors (Lipinski definition) is 4. The van der Waals surface area contributed by atoms with Gasteiger partial charge in [-0.05, 0) is 93.2 Å². The summed E-state index contributed by atoms with van der Waals surface area (Å²) in [7, 11) is 0. The second-order valence-electron chi connectivity index (χ2n) is 9.38. The van der Waals surface area contributed by atoms with E-state index in [4.69, 9.17) is 4.74 Å². The minimum Gasteiger partial charge on any atom is -0.494 e. The van der Waals surface area contributed by atoms with Crippen molar-refractivity contribution in [1.29, 1.82) is 0 Å². The van der Waals surface area contributed by atoms with Crippen molar-refractivity contribution in [2.45, 2.75) is 51.5 Å². The van der Waals surface area contributed by atoms with Gasteiger partial charge in [0.05, 0.1) is 6.61 Å². The third kappa shape index (κ3) is 4.36. The van der Waals surface area contributed by atoms with E-state index in [1.165, 1.54) is 38.0 Å². The lowest BCUT2D eigenvalue weighted by molar-refractivity contribution is 0.0980. The van der Waals surface area contributed by atoms with Crippen LogP contribution in [-0.4, -0.2) is 56.2 Å². The Morgan fingerprint density at radius 2 is 1.75 bits per heavy atom. The summed E-state index contributed by atoms with van der Waals surface area (Å²) < 4.78 is 5.83. The number of rotatable bonds is 7. The molecule has 0 aliphatic carbocycles. The molecule has 5 rings (SSSR count). The molecule has 5 nitrogen and oxygen atoms in total. The predicted molar refractivity (Wildman–Crippen MR) is 130 cm³/mol. The first-order valence-corrected chi connectivity index (χ1v) is 12.4. The highest BCUT2D eigenvalue weighted by molar-refractivity contribution is 6.08. The van der Waals surface area contributed by atoms with E-state index in [0.717, 1.165) is 61.5 Å². The van der Waals surface area contributed by atoms with Gasteiger partial charge in [0.2, 0.25) is 0 Å². The van der Waals surface area contributed by atoms with Crippen LogP contribution in [0.15, 0.2) is 42.5 Å². The fourth-order valence-corrected chi connectivity index (χ4v) is 5.36. The summed E-state index contributed by atoms with van der Waals surface area (Å²) in [6.07, 6.45) is 6.99. The van der Waals surface area contributed by atoms with Crippen molar-refractivity contribution in [2.24, 2.45) is 0 Å². The molecule has 5 heteroatoms. The van der Waals surface area contributed by atoms with Gasteiger partial charge in [-0.1, -0.05) is 13.3 Å². The van der Waals surface area contributed by atoms with E-state index < -0.39 is 0 Å². The number of fused-ring (bicyclic) bond motifs is 1. The quantitative estimate of drug-likeness (QED) is 0.591. The standard InChI is InChI=1S/C27H35N3O2/c1-2-3-18-32-25-10-11-26-21(19-25)12-17-30(27(26)31)23-8-6-22(7-9-23)29-16-13-24(20-29)28-14-4-5-15-28/h6-11,19,24H,2-5,12-18,20H2,1H3/t24-/m1/s1. The van der Waals surface area contributed by atoms with E-state index in [2.05, 4.69) is 41.0 Å². The van der Waals surface area contributed by atoms with E-state index >= 15 is 0 Å². The highest BCUT2D eigenvalue weighted by Crippen LogP contribution is 2.30. The van der Waals surface area contributed by atoms with Gasteiger partial charge in [0.25, 0.3) is 5.91 Å². The van der Waals surface area contributed by atoms with E-state index in [9.17, 15) is 4.79 Å². The number of likely N-dealkylation sites (tertiary alicyclic amines) is 1. The second kappa shape index (κ2) is 9.53. The van der Waals surface area contributed by atoms with Crippen molar-refractivity contribution in [3.63, 3.8) is 0 Å². The zero-order valence-corrected chi connectivity index (χ0v) is 19.3. The Balaban J connectivity index is 1.23. The summed E-state index contributed by atoms with van der Waals surface area (Å²) in [5, 5.41) is 0. The first kappa shape index (κ1) is 21.3. The van der Waals surface area contributed by atoms with Gasteiger partial charge in [-0.3, -0.25) is 9.69 Å². The van der Waals surface area contributed by atoms with Gasteiger partial charge in [-0.2, -0.15) is 0 Å². The van der Waals surface area contributed by atoms with Crippen LogP contribution in [0.2, 0.25) is 0 Å². The molecule has 0 N–H and O–H groups in total. The Bertz CT molecular complexity index is 936. The maximum Gasteiger partial charge on any atom is 0.258 e. The first-order chi connectivity index (χ1) is 15.7. The van der Waals surface area contributed by atoms with Gasteiger partial charge in [-0.15, -0.1) is 0 Å². The van der Waals surface area contributed by atoms with Gasteiger partial charge in [0, 0.05) is 42.6 Å². The van der Waals surface area contributed by atoms with Crippen LogP contribution in [0.4, 0.5) is 11.4 Å². The molecule has 3 aliphatic heterocycles. The summed E-state index contributed by atoms with van der Waals surface area (Å²) in [4.78, 5) is 20.3. The van der Waals surface area contributed by atoms with E-state index in [1.54, 1.807) is 0 Å². The van der Waals surface area contributed by atoms with Crippen molar-refractivity contribution in [1.82, 2.24) is 4.90 Å². The number of nitrogens with zero attached hydrogens (tertiary/aromatic N) is 3. The van der Waals surface area contributed by atoms with Gasteiger partial charge >= 0.3 is 0 Å². The Morgan fingerprint density at radius 3 is 2.53 bits per heavy atom. The number of carbonyl (C=O) groups excluding carboxylic acids is 1. The number of benzene rings is 2. The molecular weight excluding hydrogens is 398 g/mol. The van der Waals surface area contributed by atoms with Crippen molar-refractivity contribution >= 4 is 17.3 Å². The molecule has 1 amide bonds. The maximum absolute atomic E-state index is 13.2. The number of carbonyl (C=O) groups is 1. The summed E-state index contributed by atoms with van der Waals surface area (Å²) >= 11 is 0. The molecule has 0 saturated carbocycles. The maximum atomic E-state index is 13.2. The number of ether oxygens (including phenoxy) is 1. The molecule has 2 aromatic rings. The molecule has 1 atom stereocenters. The SMILES string of the molecule is CCCCOc1ccc2c(c1)CCN(c1ccc(N3CC[C@@H](N4CCCC4)C3)cc1)C2=O. The third-order valence-corrected chi connectivity index (χ3v) is 7.27. The summed E-state index contributed by atoms with van der Waals surface area (Å²) in [5.41, 5.74) is 4.16. The molecule has 3 aliphatic rings. The largest absolute Gasteiger partial charge is 0.494 e. The number of hydrogen-bond donors (Lipinski definition) is 0. The van der Waals surface area contributed by atoms with Crippen LogP contribution in [0, 0.1) is 0 Å². The topological polar surface area (TPSA) is 36.0 Å². The Hall–Kier alpha value is -2.53. The van der Waals surface area contributed by atoms with E-state index in [0.29, 0.717) is 12.6 Å². The summed E-state index contributed by atoms with van der Waals surface area (Å²) in [6, 6.07) is 15.2. The molecule has 0 aromatic heterocycles. The van der Waals surface area contributed by atoms with Crippen LogP contribution in [0.1, 0.15) is 54.9 Å². The average Bonchev–Trinajstić information content (AvgIpc) is 3.52.